The van der Waals surface area contributed by atoms with Crippen LogP contribution in [0.1, 0.15) is 17.5 Å². The molecule has 0 aliphatic carbocycles. The van der Waals surface area contributed by atoms with E-state index in [9.17, 15) is 9.18 Å². The second-order valence-electron chi connectivity index (χ2n) is 7.03. The molecule has 0 radical (unpaired) electrons. The summed E-state index contributed by atoms with van der Waals surface area (Å²) in [6.07, 6.45) is 0.858. The Morgan fingerprint density at radius 1 is 1.20 bits per heavy atom. The van der Waals surface area contributed by atoms with Crippen molar-refractivity contribution in [1.29, 1.82) is 0 Å². The predicted molar refractivity (Wildman–Crippen MR) is 121 cm³/mol. The number of aryl methyl sites for hydroxylation is 1. The zero-order valence-electron chi connectivity index (χ0n) is 17.6. The molecule has 7 nitrogen and oxygen atoms in total. The molecule has 0 spiro atoms. The minimum absolute atomic E-state index is 0.107. The maximum absolute atomic E-state index is 13.9. The third-order valence-corrected chi connectivity index (χ3v) is 4.15. The molecule has 0 aliphatic heterocycles. The van der Waals surface area contributed by atoms with Gasteiger partial charge in [-0.3, -0.25) is 5.43 Å². The maximum Gasteiger partial charge on any atom is 0.323 e. The number of nitrogens with zero attached hydrogens (tertiary/aromatic N) is 2. The SMILES string of the molecule is C=NNC(=C)c1cc(NC(=O)Nc2cc(C)ccc2F)ccc1OCCCN(C)C. The van der Waals surface area contributed by atoms with Crippen molar-refractivity contribution in [1.82, 2.24) is 10.3 Å². The van der Waals surface area contributed by atoms with Crippen LogP contribution in [-0.4, -0.2) is 44.9 Å². The van der Waals surface area contributed by atoms with Crippen molar-refractivity contribution >= 4 is 29.8 Å². The summed E-state index contributed by atoms with van der Waals surface area (Å²) < 4.78 is 19.7. The first-order chi connectivity index (χ1) is 14.3. The van der Waals surface area contributed by atoms with Gasteiger partial charge in [-0.1, -0.05) is 12.6 Å². The van der Waals surface area contributed by atoms with Crippen LogP contribution < -0.4 is 20.8 Å². The number of hydrogen-bond donors (Lipinski definition) is 3. The summed E-state index contributed by atoms with van der Waals surface area (Å²) in [4.78, 5) is 14.4. The van der Waals surface area contributed by atoms with Crippen LogP contribution in [0.15, 0.2) is 48.1 Å². The first kappa shape index (κ1) is 22.9. The van der Waals surface area contributed by atoms with Crippen LogP contribution in [0.5, 0.6) is 5.75 Å². The van der Waals surface area contributed by atoms with Crippen molar-refractivity contribution in [3.8, 4) is 5.75 Å². The highest BCUT2D eigenvalue weighted by Gasteiger charge is 2.12. The highest BCUT2D eigenvalue weighted by atomic mass is 19.1. The highest BCUT2D eigenvalue weighted by Crippen LogP contribution is 2.28. The van der Waals surface area contributed by atoms with E-state index in [2.05, 4.69) is 39.4 Å². The average Bonchev–Trinajstić information content (AvgIpc) is 2.68. The molecular formula is C22H28FN5O2. The van der Waals surface area contributed by atoms with E-state index in [0.29, 0.717) is 29.3 Å². The third kappa shape index (κ3) is 6.89. The van der Waals surface area contributed by atoms with Gasteiger partial charge in [-0.25, -0.2) is 9.18 Å². The van der Waals surface area contributed by atoms with Gasteiger partial charge in [-0.2, -0.15) is 5.10 Å². The van der Waals surface area contributed by atoms with Crippen LogP contribution in [0.3, 0.4) is 0 Å². The quantitative estimate of drug-likeness (QED) is 0.309. The zero-order chi connectivity index (χ0) is 22.1. The Bertz CT molecular complexity index is 914. The molecule has 160 valence electrons. The second-order valence-corrected chi connectivity index (χ2v) is 7.03. The van der Waals surface area contributed by atoms with Gasteiger partial charge in [0, 0.05) is 24.5 Å². The topological polar surface area (TPSA) is 78.0 Å². The van der Waals surface area contributed by atoms with Crippen molar-refractivity contribution in [2.45, 2.75) is 13.3 Å². The zero-order valence-corrected chi connectivity index (χ0v) is 17.6. The van der Waals surface area contributed by atoms with E-state index in [1.54, 1.807) is 30.3 Å². The molecule has 2 rings (SSSR count). The van der Waals surface area contributed by atoms with E-state index < -0.39 is 11.8 Å². The van der Waals surface area contributed by atoms with Crippen molar-refractivity contribution in [2.24, 2.45) is 5.10 Å². The van der Waals surface area contributed by atoms with E-state index in [1.807, 2.05) is 21.0 Å². The number of amides is 2. The van der Waals surface area contributed by atoms with Crippen molar-refractivity contribution in [3.63, 3.8) is 0 Å². The molecule has 0 atom stereocenters. The lowest BCUT2D eigenvalue weighted by molar-refractivity contribution is 0.262. The van der Waals surface area contributed by atoms with Crippen molar-refractivity contribution in [3.05, 3.63) is 59.9 Å². The minimum atomic E-state index is -0.564. The molecule has 0 unspecified atom stereocenters. The molecule has 3 N–H and O–H groups in total. The van der Waals surface area contributed by atoms with E-state index in [0.717, 1.165) is 18.5 Å². The number of carbonyl (C=O) groups excluding carboxylic acids is 1. The summed E-state index contributed by atoms with van der Waals surface area (Å²) in [6.45, 7) is 10.6. The Kier molecular flexibility index (Phi) is 8.37. The molecule has 0 saturated heterocycles. The standard InChI is InChI=1S/C22H28FN5O2/c1-15-7-9-19(23)20(13-15)26-22(29)25-17-8-10-21(30-12-6-11-28(4)5)18(14-17)16(2)27-24-3/h7-10,13-14,27H,2-3,6,11-12H2,1,4-5H3,(H2,25,26,29). The van der Waals surface area contributed by atoms with Crippen LogP contribution in [0.2, 0.25) is 0 Å². The highest BCUT2D eigenvalue weighted by molar-refractivity contribution is 6.00. The molecule has 30 heavy (non-hydrogen) atoms. The van der Waals surface area contributed by atoms with Crippen LogP contribution >= 0.6 is 0 Å². The number of carbonyl (C=O) groups is 1. The van der Waals surface area contributed by atoms with Gasteiger partial charge in [0.1, 0.15) is 11.6 Å². The van der Waals surface area contributed by atoms with Gasteiger partial charge in [0.25, 0.3) is 0 Å². The Hall–Kier alpha value is -3.39. The van der Waals surface area contributed by atoms with E-state index >= 15 is 0 Å². The van der Waals surface area contributed by atoms with Crippen LogP contribution in [0.25, 0.3) is 5.70 Å². The van der Waals surface area contributed by atoms with Gasteiger partial charge in [-0.05, 0) is 63.3 Å². The summed E-state index contributed by atoms with van der Waals surface area (Å²) in [5.41, 5.74) is 5.24. The predicted octanol–water partition coefficient (Wildman–Crippen LogP) is 4.28. The normalized spacial score (nSPS) is 10.4. The van der Waals surface area contributed by atoms with Gasteiger partial charge in [0.2, 0.25) is 0 Å². The van der Waals surface area contributed by atoms with E-state index in [1.165, 1.54) is 6.07 Å². The van der Waals surface area contributed by atoms with E-state index in [-0.39, 0.29) is 5.69 Å². The fourth-order valence-electron chi connectivity index (χ4n) is 2.71. The molecule has 2 aromatic rings. The molecule has 8 heteroatoms. The number of benzene rings is 2. The lowest BCUT2D eigenvalue weighted by Crippen LogP contribution is -2.20. The van der Waals surface area contributed by atoms with Crippen molar-refractivity contribution in [2.75, 3.05) is 37.9 Å². The number of ether oxygens (including phenoxy) is 1. The number of rotatable bonds is 10. The molecule has 0 bridgehead atoms. The number of nitrogens with one attached hydrogen (secondary N) is 3. The summed E-state index contributed by atoms with van der Waals surface area (Å²) in [6, 6.07) is 9.08. The first-order valence-electron chi connectivity index (χ1n) is 9.47. The van der Waals surface area contributed by atoms with Gasteiger partial charge < -0.3 is 20.3 Å². The maximum atomic E-state index is 13.9. The van der Waals surface area contributed by atoms with Crippen LogP contribution in [0.4, 0.5) is 20.6 Å². The molecule has 0 aliphatic rings. The average molecular weight is 413 g/mol. The van der Waals surface area contributed by atoms with Gasteiger partial charge in [0.15, 0.2) is 0 Å². The third-order valence-electron chi connectivity index (χ3n) is 4.15. The number of urea groups is 1. The minimum Gasteiger partial charge on any atom is -0.493 e. The molecular weight excluding hydrogens is 385 g/mol. The molecule has 2 aromatic carbocycles. The van der Waals surface area contributed by atoms with Gasteiger partial charge in [-0.15, -0.1) is 0 Å². The summed E-state index contributed by atoms with van der Waals surface area (Å²) >= 11 is 0. The molecule has 2 amide bonds. The monoisotopic (exact) mass is 413 g/mol. The Labute approximate surface area is 176 Å². The number of halogens is 1. The smallest absolute Gasteiger partial charge is 0.323 e. The number of anilines is 2. The molecule has 0 aromatic heterocycles. The second kappa shape index (κ2) is 11.0. The fraction of sp³-hybridized carbons (Fsp3) is 0.273. The summed E-state index contributed by atoms with van der Waals surface area (Å²) in [5.74, 6) is 0.0955. The fourth-order valence-corrected chi connectivity index (χ4v) is 2.71. The molecule has 0 fully saturated rings. The molecule has 0 saturated carbocycles. The Morgan fingerprint density at radius 3 is 2.67 bits per heavy atom. The van der Waals surface area contributed by atoms with Gasteiger partial charge in [0.05, 0.1) is 18.0 Å². The Morgan fingerprint density at radius 2 is 1.97 bits per heavy atom. The Balaban J connectivity index is 2.12. The van der Waals surface area contributed by atoms with Crippen LogP contribution in [-0.2, 0) is 0 Å². The molecule has 0 heterocycles. The van der Waals surface area contributed by atoms with Crippen LogP contribution in [0, 0.1) is 12.7 Å². The largest absolute Gasteiger partial charge is 0.493 e. The number of hydrazone groups is 1. The van der Waals surface area contributed by atoms with E-state index in [4.69, 9.17) is 4.74 Å². The van der Waals surface area contributed by atoms with Crippen molar-refractivity contribution < 1.29 is 13.9 Å². The first-order valence-corrected chi connectivity index (χ1v) is 9.47. The van der Waals surface area contributed by atoms with Gasteiger partial charge >= 0.3 is 6.03 Å². The number of hydrogen-bond acceptors (Lipinski definition) is 5. The lowest BCUT2D eigenvalue weighted by atomic mass is 10.1. The summed E-state index contributed by atoms with van der Waals surface area (Å²) in [5, 5.41) is 8.84. The lowest BCUT2D eigenvalue weighted by Gasteiger charge is -2.16. The summed E-state index contributed by atoms with van der Waals surface area (Å²) in [7, 11) is 4.00.